The summed E-state index contributed by atoms with van der Waals surface area (Å²) in [6.07, 6.45) is 0.0383. The minimum Gasteiger partial charge on any atom is -0.294 e. The molecule has 2 aromatic rings. The number of nitrogens with zero attached hydrogens (tertiary/aromatic N) is 1. The van der Waals surface area contributed by atoms with E-state index in [-0.39, 0.29) is 17.9 Å². The summed E-state index contributed by atoms with van der Waals surface area (Å²) in [6.45, 7) is 1.93. The van der Waals surface area contributed by atoms with Crippen LogP contribution >= 0.6 is 22.6 Å². The van der Waals surface area contributed by atoms with Gasteiger partial charge < -0.3 is 0 Å². The lowest BCUT2D eigenvalue weighted by Gasteiger charge is -2.06. The SMILES string of the molecule is Cc1cccc(C(=O)Cc2ccccc2[N+](=O)[O-])c1I. The molecule has 0 saturated carbocycles. The van der Waals surface area contributed by atoms with Gasteiger partial charge in [-0.3, -0.25) is 14.9 Å². The lowest BCUT2D eigenvalue weighted by atomic mass is 10.0. The average molecular weight is 381 g/mol. The molecule has 0 aliphatic carbocycles. The molecule has 0 aliphatic rings. The third-order valence-electron chi connectivity index (χ3n) is 3.03. The summed E-state index contributed by atoms with van der Waals surface area (Å²) in [7, 11) is 0. The maximum atomic E-state index is 12.3. The predicted octanol–water partition coefficient (Wildman–Crippen LogP) is 3.93. The van der Waals surface area contributed by atoms with Crippen LogP contribution in [0.1, 0.15) is 21.5 Å². The Labute approximate surface area is 130 Å². The van der Waals surface area contributed by atoms with Crippen LogP contribution in [0.3, 0.4) is 0 Å². The molecule has 0 unspecified atom stereocenters. The Morgan fingerprint density at radius 2 is 1.90 bits per heavy atom. The van der Waals surface area contributed by atoms with E-state index in [9.17, 15) is 14.9 Å². The van der Waals surface area contributed by atoms with Crippen LogP contribution in [-0.4, -0.2) is 10.7 Å². The van der Waals surface area contributed by atoms with E-state index in [1.807, 2.05) is 19.1 Å². The van der Waals surface area contributed by atoms with E-state index in [4.69, 9.17) is 0 Å². The highest BCUT2D eigenvalue weighted by molar-refractivity contribution is 14.1. The highest BCUT2D eigenvalue weighted by Crippen LogP contribution is 2.22. The third-order valence-corrected chi connectivity index (χ3v) is 4.46. The van der Waals surface area contributed by atoms with E-state index >= 15 is 0 Å². The van der Waals surface area contributed by atoms with E-state index in [0.717, 1.165) is 9.13 Å². The number of Topliss-reactive ketones (excluding diaryl/α,β-unsaturated/α-hetero) is 1. The van der Waals surface area contributed by atoms with Gasteiger partial charge in [0.1, 0.15) is 0 Å². The first-order valence-electron chi connectivity index (χ1n) is 6.01. The van der Waals surface area contributed by atoms with Crippen molar-refractivity contribution in [1.29, 1.82) is 0 Å². The van der Waals surface area contributed by atoms with Gasteiger partial charge in [0, 0.05) is 27.2 Å². The topological polar surface area (TPSA) is 60.2 Å². The molecular weight excluding hydrogens is 369 g/mol. The predicted molar refractivity (Wildman–Crippen MR) is 85.0 cm³/mol. The number of hydrogen-bond acceptors (Lipinski definition) is 3. The van der Waals surface area contributed by atoms with Crippen molar-refractivity contribution in [1.82, 2.24) is 0 Å². The maximum absolute atomic E-state index is 12.3. The number of carbonyl (C=O) groups is 1. The molecule has 0 spiro atoms. The fourth-order valence-electron chi connectivity index (χ4n) is 1.97. The summed E-state index contributed by atoms with van der Waals surface area (Å²) in [6, 6.07) is 11.9. The zero-order valence-corrected chi connectivity index (χ0v) is 13.0. The number of carbonyl (C=O) groups excluding carboxylic acids is 1. The number of rotatable bonds is 4. The number of nitro benzene ring substituents is 1. The number of hydrogen-bond donors (Lipinski definition) is 0. The Balaban J connectivity index is 2.33. The minimum absolute atomic E-state index is 0.0106. The minimum atomic E-state index is -0.455. The Morgan fingerprint density at radius 1 is 1.20 bits per heavy atom. The van der Waals surface area contributed by atoms with Gasteiger partial charge in [0.2, 0.25) is 0 Å². The highest BCUT2D eigenvalue weighted by Gasteiger charge is 2.18. The van der Waals surface area contributed by atoms with Crippen LogP contribution in [0.4, 0.5) is 5.69 Å². The first-order valence-corrected chi connectivity index (χ1v) is 7.09. The molecule has 102 valence electrons. The van der Waals surface area contributed by atoms with Crippen LogP contribution in [0.2, 0.25) is 0 Å². The lowest BCUT2D eigenvalue weighted by Crippen LogP contribution is -2.08. The van der Waals surface area contributed by atoms with Gasteiger partial charge in [-0.25, -0.2) is 0 Å². The van der Waals surface area contributed by atoms with Crippen molar-refractivity contribution in [3.05, 3.63) is 72.8 Å². The molecule has 0 aliphatic heterocycles. The van der Waals surface area contributed by atoms with Crippen LogP contribution in [0.15, 0.2) is 42.5 Å². The van der Waals surface area contributed by atoms with Crippen LogP contribution in [0, 0.1) is 20.6 Å². The van der Waals surface area contributed by atoms with Crippen molar-refractivity contribution in [3.63, 3.8) is 0 Å². The van der Waals surface area contributed by atoms with Gasteiger partial charge in [-0.05, 0) is 35.1 Å². The Hall–Kier alpha value is -1.76. The lowest BCUT2D eigenvalue weighted by molar-refractivity contribution is -0.385. The summed E-state index contributed by atoms with van der Waals surface area (Å²) >= 11 is 2.13. The van der Waals surface area contributed by atoms with Crippen molar-refractivity contribution in [2.75, 3.05) is 0 Å². The number of nitro groups is 1. The molecule has 2 aromatic carbocycles. The smallest absolute Gasteiger partial charge is 0.273 e. The standard InChI is InChI=1S/C15H12INO3/c1-10-5-4-7-12(15(10)16)14(18)9-11-6-2-3-8-13(11)17(19)20/h2-8H,9H2,1H3. The summed E-state index contributed by atoms with van der Waals surface area (Å²) in [5.41, 5.74) is 2.08. The highest BCUT2D eigenvalue weighted by atomic mass is 127. The van der Waals surface area contributed by atoms with Gasteiger partial charge in [0.05, 0.1) is 4.92 Å². The summed E-state index contributed by atoms with van der Waals surface area (Å²) in [5, 5.41) is 11.0. The maximum Gasteiger partial charge on any atom is 0.273 e. The monoisotopic (exact) mass is 381 g/mol. The van der Waals surface area contributed by atoms with Crippen LogP contribution in [0.25, 0.3) is 0 Å². The molecule has 5 heteroatoms. The third kappa shape index (κ3) is 3.04. The van der Waals surface area contributed by atoms with Gasteiger partial charge in [-0.15, -0.1) is 0 Å². The van der Waals surface area contributed by atoms with Crippen molar-refractivity contribution in [2.24, 2.45) is 0 Å². The molecule has 0 aromatic heterocycles. The Bertz CT molecular complexity index is 683. The molecule has 20 heavy (non-hydrogen) atoms. The first-order chi connectivity index (χ1) is 9.50. The molecule has 4 nitrogen and oxygen atoms in total. The van der Waals surface area contributed by atoms with Gasteiger partial charge >= 0.3 is 0 Å². The van der Waals surface area contributed by atoms with Gasteiger partial charge in [0.15, 0.2) is 5.78 Å². The molecule has 0 saturated heterocycles. The van der Waals surface area contributed by atoms with Crippen molar-refractivity contribution >= 4 is 34.1 Å². The Kier molecular flexibility index (Phi) is 4.49. The van der Waals surface area contributed by atoms with E-state index in [2.05, 4.69) is 22.6 Å². The summed E-state index contributed by atoms with van der Waals surface area (Å²) < 4.78 is 0.897. The van der Waals surface area contributed by atoms with E-state index in [1.54, 1.807) is 24.3 Å². The van der Waals surface area contributed by atoms with E-state index in [0.29, 0.717) is 11.1 Å². The van der Waals surface area contributed by atoms with Gasteiger partial charge in [-0.2, -0.15) is 0 Å². The summed E-state index contributed by atoms with van der Waals surface area (Å²) in [5.74, 6) is -0.104. The molecule has 2 rings (SSSR count). The first kappa shape index (κ1) is 14.6. The molecule has 0 atom stereocenters. The largest absolute Gasteiger partial charge is 0.294 e. The number of para-hydroxylation sites is 1. The number of benzene rings is 2. The Morgan fingerprint density at radius 3 is 2.60 bits per heavy atom. The molecule has 0 N–H and O–H groups in total. The number of aryl methyl sites for hydroxylation is 1. The molecule has 0 amide bonds. The zero-order chi connectivity index (χ0) is 14.7. The second-order valence-electron chi connectivity index (χ2n) is 4.42. The molecule has 0 bridgehead atoms. The van der Waals surface area contributed by atoms with Crippen LogP contribution in [0.5, 0.6) is 0 Å². The van der Waals surface area contributed by atoms with Crippen LogP contribution < -0.4 is 0 Å². The van der Waals surface area contributed by atoms with Crippen molar-refractivity contribution < 1.29 is 9.72 Å². The van der Waals surface area contributed by atoms with Crippen LogP contribution in [-0.2, 0) is 6.42 Å². The van der Waals surface area contributed by atoms with Gasteiger partial charge in [-0.1, -0.05) is 36.4 Å². The molecular formula is C15H12INO3. The average Bonchev–Trinajstić information content (AvgIpc) is 2.42. The van der Waals surface area contributed by atoms with Gasteiger partial charge in [0.25, 0.3) is 5.69 Å². The van der Waals surface area contributed by atoms with E-state index in [1.165, 1.54) is 6.07 Å². The fourth-order valence-corrected chi connectivity index (χ4v) is 2.63. The summed E-state index contributed by atoms with van der Waals surface area (Å²) in [4.78, 5) is 22.8. The number of ketones is 1. The molecule has 0 heterocycles. The van der Waals surface area contributed by atoms with E-state index < -0.39 is 4.92 Å². The fraction of sp³-hybridized carbons (Fsp3) is 0.133. The quantitative estimate of drug-likeness (QED) is 0.349. The second kappa shape index (κ2) is 6.13. The number of halogens is 1. The zero-order valence-electron chi connectivity index (χ0n) is 10.8. The van der Waals surface area contributed by atoms with Crippen molar-refractivity contribution in [3.8, 4) is 0 Å². The normalized spacial score (nSPS) is 10.3. The second-order valence-corrected chi connectivity index (χ2v) is 5.50. The van der Waals surface area contributed by atoms with Crippen molar-refractivity contribution in [2.45, 2.75) is 13.3 Å². The molecule has 0 fully saturated rings. The molecule has 0 radical (unpaired) electrons.